The second-order valence-electron chi connectivity index (χ2n) is 5.83. The minimum atomic E-state index is -0.507. The van der Waals surface area contributed by atoms with Crippen molar-refractivity contribution in [2.75, 3.05) is 13.9 Å². The molecule has 1 aromatic carbocycles. The first-order chi connectivity index (χ1) is 10.1. The first-order valence-corrected chi connectivity index (χ1v) is 7.39. The fraction of sp³-hybridized carbons (Fsp3) is 0.562. The molecule has 0 radical (unpaired) electrons. The van der Waals surface area contributed by atoms with E-state index in [1.54, 1.807) is 0 Å². The van der Waals surface area contributed by atoms with Crippen LogP contribution in [0.5, 0.6) is 11.5 Å². The Bertz CT molecular complexity index is 545. The highest BCUT2D eigenvalue weighted by atomic mass is 16.7. The lowest BCUT2D eigenvalue weighted by Gasteiger charge is -2.41. The summed E-state index contributed by atoms with van der Waals surface area (Å²) >= 11 is 0. The van der Waals surface area contributed by atoms with Crippen molar-refractivity contribution in [1.29, 1.82) is 0 Å². The molecule has 3 rings (SSSR count). The fourth-order valence-electron chi connectivity index (χ4n) is 3.40. The predicted molar refractivity (Wildman–Crippen MR) is 77.0 cm³/mol. The van der Waals surface area contributed by atoms with Crippen molar-refractivity contribution in [2.45, 2.75) is 37.6 Å². The molecule has 1 fully saturated rings. The van der Waals surface area contributed by atoms with Gasteiger partial charge in [-0.15, -0.1) is 0 Å². The molecule has 1 aliphatic heterocycles. The molecule has 2 N–H and O–H groups in total. The van der Waals surface area contributed by atoms with Gasteiger partial charge in [0.2, 0.25) is 6.79 Å². The summed E-state index contributed by atoms with van der Waals surface area (Å²) in [5.74, 6) is 1.39. The highest BCUT2D eigenvalue weighted by Crippen LogP contribution is 2.44. The number of carbonyl (C=O) groups is 1. The van der Waals surface area contributed by atoms with Crippen LogP contribution in [-0.4, -0.2) is 19.9 Å². The quantitative estimate of drug-likeness (QED) is 0.865. The molecule has 1 aromatic rings. The Morgan fingerprint density at radius 1 is 1.38 bits per heavy atom. The average molecular weight is 291 g/mol. The number of benzene rings is 1. The van der Waals surface area contributed by atoms with E-state index in [1.807, 2.05) is 18.2 Å². The van der Waals surface area contributed by atoms with Gasteiger partial charge < -0.3 is 19.9 Å². The van der Waals surface area contributed by atoms with Gasteiger partial charge in [0.05, 0.1) is 13.5 Å². The van der Waals surface area contributed by atoms with Gasteiger partial charge in [-0.05, 0) is 36.5 Å². The lowest BCUT2D eigenvalue weighted by Crippen LogP contribution is -2.47. The van der Waals surface area contributed by atoms with Crippen LogP contribution in [0.2, 0.25) is 0 Å². The van der Waals surface area contributed by atoms with Gasteiger partial charge in [0, 0.05) is 5.54 Å². The summed E-state index contributed by atoms with van der Waals surface area (Å²) < 4.78 is 15.6. The number of hydrogen-bond acceptors (Lipinski definition) is 5. The van der Waals surface area contributed by atoms with Crippen molar-refractivity contribution in [3.8, 4) is 11.5 Å². The van der Waals surface area contributed by atoms with E-state index < -0.39 is 5.54 Å². The number of fused-ring (bicyclic) bond motifs is 1. The van der Waals surface area contributed by atoms with E-state index in [0.29, 0.717) is 6.42 Å². The van der Waals surface area contributed by atoms with Crippen molar-refractivity contribution in [2.24, 2.45) is 11.7 Å². The molecular formula is C16H21NO4. The first-order valence-electron chi connectivity index (χ1n) is 7.39. The first kappa shape index (κ1) is 14.2. The van der Waals surface area contributed by atoms with Crippen LogP contribution >= 0.6 is 0 Å². The third-order valence-corrected chi connectivity index (χ3v) is 4.67. The van der Waals surface area contributed by atoms with Gasteiger partial charge >= 0.3 is 5.97 Å². The maximum atomic E-state index is 11.7. The third kappa shape index (κ3) is 2.58. The van der Waals surface area contributed by atoms with Crippen LogP contribution in [0, 0.1) is 5.92 Å². The van der Waals surface area contributed by atoms with E-state index >= 15 is 0 Å². The van der Waals surface area contributed by atoms with Crippen molar-refractivity contribution in [1.82, 2.24) is 0 Å². The molecule has 0 aromatic heterocycles. The van der Waals surface area contributed by atoms with Crippen LogP contribution in [0.25, 0.3) is 0 Å². The van der Waals surface area contributed by atoms with Crippen LogP contribution in [0.1, 0.15) is 37.7 Å². The van der Waals surface area contributed by atoms with Gasteiger partial charge in [0.25, 0.3) is 0 Å². The summed E-state index contributed by atoms with van der Waals surface area (Å²) in [6.07, 6.45) is 4.35. The largest absolute Gasteiger partial charge is 0.469 e. The summed E-state index contributed by atoms with van der Waals surface area (Å²) in [6, 6.07) is 5.84. The molecule has 0 saturated heterocycles. The zero-order valence-corrected chi connectivity index (χ0v) is 12.3. The second-order valence-corrected chi connectivity index (χ2v) is 5.83. The molecule has 0 amide bonds. The van der Waals surface area contributed by atoms with Gasteiger partial charge in [-0.1, -0.05) is 18.9 Å². The number of rotatable bonds is 3. The van der Waals surface area contributed by atoms with Gasteiger partial charge in [0.15, 0.2) is 11.5 Å². The van der Waals surface area contributed by atoms with Crippen molar-refractivity contribution < 1.29 is 19.0 Å². The van der Waals surface area contributed by atoms with E-state index in [4.69, 9.17) is 19.9 Å². The summed E-state index contributed by atoms with van der Waals surface area (Å²) in [5.41, 5.74) is 7.23. The summed E-state index contributed by atoms with van der Waals surface area (Å²) in [7, 11) is 1.42. The molecule has 1 heterocycles. The Kier molecular flexibility index (Phi) is 3.76. The highest BCUT2D eigenvalue weighted by Gasteiger charge is 2.40. The van der Waals surface area contributed by atoms with Crippen LogP contribution < -0.4 is 15.2 Å². The van der Waals surface area contributed by atoms with Crippen molar-refractivity contribution in [3.63, 3.8) is 0 Å². The standard InChI is InChI=1S/C16H21NO4/c1-19-15(18)9-11-4-2-3-7-16(11,17)12-5-6-13-14(8-12)21-10-20-13/h5-6,8,11H,2-4,7,9-10,17H2,1H3/t11-,16-/m0/s1. The maximum absolute atomic E-state index is 11.7. The van der Waals surface area contributed by atoms with E-state index in [2.05, 4.69) is 0 Å². The lowest BCUT2D eigenvalue weighted by atomic mass is 9.68. The summed E-state index contributed by atoms with van der Waals surface area (Å²) in [6.45, 7) is 0.252. The second kappa shape index (κ2) is 5.56. The minimum absolute atomic E-state index is 0.0964. The molecule has 0 unspecified atom stereocenters. The smallest absolute Gasteiger partial charge is 0.305 e. The Morgan fingerprint density at radius 2 is 2.19 bits per heavy atom. The number of esters is 1. The van der Waals surface area contributed by atoms with Gasteiger partial charge in [-0.2, -0.15) is 0 Å². The fourth-order valence-corrected chi connectivity index (χ4v) is 3.40. The SMILES string of the molecule is COC(=O)C[C@@H]1CCCC[C@@]1(N)c1ccc2c(c1)OCO2. The lowest BCUT2D eigenvalue weighted by molar-refractivity contribution is -0.142. The van der Waals surface area contributed by atoms with Crippen molar-refractivity contribution in [3.05, 3.63) is 23.8 Å². The van der Waals surface area contributed by atoms with Crippen LogP contribution in [0.4, 0.5) is 0 Å². The number of ether oxygens (including phenoxy) is 3. The van der Waals surface area contributed by atoms with Crippen LogP contribution in [0.15, 0.2) is 18.2 Å². The number of nitrogens with two attached hydrogens (primary N) is 1. The van der Waals surface area contributed by atoms with Crippen molar-refractivity contribution >= 4 is 5.97 Å². The van der Waals surface area contributed by atoms with Crippen LogP contribution in [-0.2, 0) is 15.1 Å². The maximum Gasteiger partial charge on any atom is 0.305 e. The molecule has 114 valence electrons. The molecule has 0 spiro atoms. The van der Waals surface area contributed by atoms with Gasteiger partial charge in [0.1, 0.15) is 0 Å². The summed E-state index contributed by atoms with van der Waals surface area (Å²) in [4.78, 5) is 11.7. The molecule has 1 aliphatic carbocycles. The molecule has 2 atom stereocenters. The zero-order chi connectivity index (χ0) is 14.9. The molecule has 0 bridgehead atoms. The van der Waals surface area contributed by atoms with E-state index in [-0.39, 0.29) is 18.7 Å². The Morgan fingerprint density at radius 3 is 3.00 bits per heavy atom. The number of methoxy groups -OCH3 is 1. The predicted octanol–water partition coefficient (Wildman–Crippen LogP) is 2.32. The average Bonchev–Trinajstić information content (AvgIpc) is 2.97. The van der Waals surface area contributed by atoms with Gasteiger partial charge in [-0.25, -0.2) is 0 Å². The molecule has 5 nitrogen and oxygen atoms in total. The topological polar surface area (TPSA) is 70.8 Å². The highest BCUT2D eigenvalue weighted by molar-refractivity contribution is 5.69. The summed E-state index contributed by atoms with van der Waals surface area (Å²) in [5, 5.41) is 0. The molecular weight excluding hydrogens is 270 g/mol. The Labute approximate surface area is 124 Å². The number of hydrogen-bond donors (Lipinski definition) is 1. The van der Waals surface area contributed by atoms with E-state index in [9.17, 15) is 4.79 Å². The Hall–Kier alpha value is -1.75. The van der Waals surface area contributed by atoms with Crippen LogP contribution in [0.3, 0.4) is 0 Å². The third-order valence-electron chi connectivity index (χ3n) is 4.67. The van der Waals surface area contributed by atoms with E-state index in [0.717, 1.165) is 42.7 Å². The minimum Gasteiger partial charge on any atom is -0.469 e. The molecule has 1 saturated carbocycles. The normalized spacial score (nSPS) is 27.4. The molecule has 21 heavy (non-hydrogen) atoms. The monoisotopic (exact) mass is 291 g/mol. The Balaban J connectivity index is 1.90. The van der Waals surface area contributed by atoms with Gasteiger partial charge in [-0.3, -0.25) is 4.79 Å². The van der Waals surface area contributed by atoms with E-state index in [1.165, 1.54) is 7.11 Å². The molecule has 2 aliphatic rings. The number of carbonyl (C=O) groups excluding carboxylic acids is 1. The molecule has 5 heteroatoms. The zero-order valence-electron chi connectivity index (χ0n) is 12.3.